The molecule has 2 aromatic rings. The molecule has 1 atom stereocenters. The van der Waals surface area contributed by atoms with Crippen molar-refractivity contribution in [3.63, 3.8) is 0 Å². The predicted molar refractivity (Wildman–Crippen MR) is 112 cm³/mol. The molecule has 0 aliphatic rings. The minimum atomic E-state index is -1.20. The zero-order chi connectivity index (χ0) is 22.5. The summed E-state index contributed by atoms with van der Waals surface area (Å²) in [5.74, 6) is -2.15. The zero-order valence-electron chi connectivity index (χ0n) is 17.3. The second-order valence-corrected chi connectivity index (χ2v) is 6.80. The highest BCUT2D eigenvalue weighted by molar-refractivity contribution is 5.88. The summed E-state index contributed by atoms with van der Waals surface area (Å²) in [7, 11) is 0. The van der Waals surface area contributed by atoms with Crippen LogP contribution in [0.1, 0.15) is 30.9 Å². The normalized spacial score (nSPS) is 11.1. The average Bonchev–Trinajstić information content (AvgIpc) is 2.76. The molecule has 0 radical (unpaired) electrons. The van der Waals surface area contributed by atoms with Crippen LogP contribution in [0, 0.1) is 0 Å². The number of esters is 2. The summed E-state index contributed by atoms with van der Waals surface area (Å²) in [6.07, 6.45) is -0.409. The molecule has 0 saturated heterocycles. The second-order valence-electron chi connectivity index (χ2n) is 6.80. The quantitative estimate of drug-likeness (QED) is 0.531. The first kappa shape index (κ1) is 23.6. The van der Waals surface area contributed by atoms with Gasteiger partial charge in [-0.25, -0.2) is 4.79 Å². The molecule has 0 aliphatic heterocycles. The first-order valence-corrected chi connectivity index (χ1v) is 9.88. The topological polar surface area (TPSA) is 111 Å². The smallest absolute Gasteiger partial charge is 0.329 e. The van der Waals surface area contributed by atoms with Gasteiger partial charge in [0.1, 0.15) is 19.3 Å². The van der Waals surface area contributed by atoms with Crippen molar-refractivity contribution in [2.75, 3.05) is 6.54 Å². The Kier molecular flexibility index (Phi) is 9.74. The summed E-state index contributed by atoms with van der Waals surface area (Å²) >= 11 is 0. The van der Waals surface area contributed by atoms with E-state index in [9.17, 15) is 19.2 Å². The highest BCUT2D eigenvalue weighted by Crippen LogP contribution is 2.07. The fourth-order valence-electron chi connectivity index (χ4n) is 2.60. The maximum absolute atomic E-state index is 12.5. The Morgan fingerprint density at radius 2 is 1.39 bits per heavy atom. The Balaban J connectivity index is 1.92. The molecule has 0 fully saturated rings. The Bertz CT molecular complexity index is 870. The summed E-state index contributed by atoms with van der Waals surface area (Å²) in [4.78, 5) is 47.9. The van der Waals surface area contributed by atoms with Gasteiger partial charge in [-0.15, -0.1) is 0 Å². The Morgan fingerprint density at radius 3 is 1.94 bits per heavy atom. The first-order chi connectivity index (χ1) is 14.9. The number of ether oxygens (including phenoxy) is 2. The summed E-state index contributed by atoms with van der Waals surface area (Å²) in [5, 5.41) is 4.99. The van der Waals surface area contributed by atoms with Crippen LogP contribution in [0.5, 0.6) is 0 Å². The molecule has 31 heavy (non-hydrogen) atoms. The molecule has 0 aromatic heterocycles. The monoisotopic (exact) mass is 426 g/mol. The number of nitrogens with one attached hydrogen (secondary N) is 2. The summed E-state index contributed by atoms with van der Waals surface area (Å²) in [5.41, 5.74) is 1.58. The van der Waals surface area contributed by atoms with Crippen LogP contribution < -0.4 is 10.6 Å². The van der Waals surface area contributed by atoms with Gasteiger partial charge in [0.2, 0.25) is 11.8 Å². The van der Waals surface area contributed by atoms with Crippen molar-refractivity contribution in [2.24, 2.45) is 0 Å². The summed E-state index contributed by atoms with van der Waals surface area (Å²) in [6.45, 7) is 1.52. The largest absolute Gasteiger partial charge is 0.461 e. The van der Waals surface area contributed by atoms with Gasteiger partial charge in [0.05, 0.1) is 6.42 Å². The molecule has 0 spiro atoms. The van der Waals surface area contributed by atoms with E-state index in [0.717, 1.165) is 11.1 Å². The number of hydrogen-bond acceptors (Lipinski definition) is 6. The van der Waals surface area contributed by atoms with Gasteiger partial charge in [-0.05, 0) is 11.1 Å². The molecule has 0 heterocycles. The third-order valence-electron chi connectivity index (χ3n) is 4.18. The first-order valence-electron chi connectivity index (χ1n) is 9.88. The van der Waals surface area contributed by atoms with E-state index in [0.29, 0.717) is 0 Å². The highest BCUT2D eigenvalue weighted by atomic mass is 16.5. The van der Waals surface area contributed by atoms with Gasteiger partial charge >= 0.3 is 11.9 Å². The summed E-state index contributed by atoms with van der Waals surface area (Å²) < 4.78 is 10.5. The number of carbonyl (C=O) groups excluding carboxylic acids is 4. The predicted octanol–water partition coefficient (Wildman–Crippen LogP) is 1.87. The molecule has 8 nitrogen and oxygen atoms in total. The third kappa shape index (κ3) is 9.58. The lowest BCUT2D eigenvalue weighted by atomic mass is 10.2. The van der Waals surface area contributed by atoms with E-state index in [-0.39, 0.29) is 38.5 Å². The van der Waals surface area contributed by atoms with Crippen molar-refractivity contribution in [3.05, 3.63) is 71.8 Å². The molecule has 2 N–H and O–H groups in total. The van der Waals surface area contributed by atoms with Gasteiger partial charge in [0, 0.05) is 19.9 Å². The van der Waals surface area contributed by atoms with E-state index in [2.05, 4.69) is 10.6 Å². The van der Waals surface area contributed by atoms with Crippen LogP contribution in [0.4, 0.5) is 0 Å². The van der Waals surface area contributed by atoms with Crippen molar-refractivity contribution in [1.82, 2.24) is 10.6 Å². The Labute approximate surface area is 180 Å². The molecule has 1 unspecified atom stereocenters. The Morgan fingerprint density at radius 1 is 0.839 bits per heavy atom. The van der Waals surface area contributed by atoms with Crippen LogP contribution in [-0.4, -0.2) is 36.3 Å². The van der Waals surface area contributed by atoms with E-state index in [4.69, 9.17) is 9.47 Å². The SMILES string of the molecule is CC(=O)NCCC(=O)NC(CC(=O)OCc1ccccc1)C(=O)OCc1ccccc1. The van der Waals surface area contributed by atoms with Crippen LogP contribution in [0.2, 0.25) is 0 Å². The van der Waals surface area contributed by atoms with E-state index in [1.54, 1.807) is 12.1 Å². The molecule has 8 heteroatoms. The second kappa shape index (κ2) is 12.8. The number of hydrogen-bond donors (Lipinski definition) is 2. The number of carbonyl (C=O) groups is 4. The van der Waals surface area contributed by atoms with E-state index < -0.39 is 23.9 Å². The number of rotatable bonds is 11. The number of amides is 2. The molecule has 2 rings (SSSR count). The molecule has 164 valence electrons. The van der Waals surface area contributed by atoms with E-state index in [1.807, 2.05) is 48.5 Å². The molecule has 2 amide bonds. The molecule has 0 aliphatic carbocycles. The fourth-order valence-corrected chi connectivity index (χ4v) is 2.60. The van der Waals surface area contributed by atoms with Crippen molar-refractivity contribution in [2.45, 2.75) is 39.0 Å². The molecule has 2 aromatic carbocycles. The van der Waals surface area contributed by atoms with Crippen LogP contribution in [0.25, 0.3) is 0 Å². The molecular weight excluding hydrogens is 400 g/mol. The van der Waals surface area contributed by atoms with Gasteiger partial charge in [0.15, 0.2) is 0 Å². The van der Waals surface area contributed by atoms with Gasteiger partial charge in [-0.3, -0.25) is 14.4 Å². The van der Waals surface area contributed by atoms with Gasteiger partial charge in [-0.2, -0.15) is 0 Å². The fraction of sp³-hybridized carbons (Fsp3) is 0.304. The minimum absolute atomic E-state index is 0.0109. The van der Waals surface area contributed by atoms with E-state index in [1.165, 1.54) is 6.92 Å². The van der Waals surface area contributed by atoms with Crippen molar-refractivity contribution in [3.8, 4) is 0 Å². The Hall–Kier alpha value is -3.68. The van der Waals surface area contributed by atoms with Gasteiger partial charge in [0.25, 0.3) is 0 Å². The molecule has 0 saturated carbocycles. The molecule has 0 bridgehead atoms. The molecular formula is C23H26N2O6. The lowest BCUT2D eigenvalue weighted by Gasteiger charge is -2.17. The van der Waals surface area contributed by atoms with Gasteiger partial charge < -0.3 is 20.1 Å². The summed E-state index contributed by atoms with van der Waals surface area (Å²) in [6, 6.07) is 17.0. The van der Waals surface area contributed by atoms with Crippen molar-refractivity contribution < 1.29 is 28.7 Å². The van der Waals surface area contributed by atoms with Crippen molar-refractivity contribution >= 4 is 23.8 Å². The van der Waals surface area contributed by atoms with Crippen LogP contribution in [0.3, 0.4) is 0 Å². The average molecular weight is 426 g/mol. The highest BCUT2D eigenvalue weighted by Gasteiger charge is 2.26. The zero-order valence-corrected chi connectivity index (χ0v) is 17.3. The van der Waals surface area contributed by atoms with Crippen molar-refractivity contribution in [1.29, 1.82) is 0 Å². The van der Waals surface area contributed by atoms with E-state index >= 15 is 0 Å². The maximum Gasteiger partial charge on any atom is 0.329 e. The number of benzene rings is 2. The van der Waals surface area contributed by atoms with Gasteiger partial charge in [-0.1, -0.05) is 60.7 Å². The lowest BCUT2D eigenvalue weighted by molar-refractivity contribution is -0.155. The maximum atomic E-state index is 12.5. The van der Waals surface area contributed by atoms with Crippen LogP contribution in [-0.2, 0) is 41.9 Å². The third-order valence-corrected chi connectivity index (χ3v) is 4.18. The van der Waals surface area contributed by atoms with Crippen LogP contribution >= 0.6 is 0 Å². The minimum Gasteiger partial charge on any atom is -0.461 e. The van der Waals surface area contributed by atoms with Crippen LogP contribution in [0.15, 0.2) is 60.7 Å². The standard InChI is InChI=1S/C23H26N2O6/c1-17(26)24-13-12-21(27)25-20(23(29)31-16-19-10-6-3-7-11-19)14-22(28)30-15-18-8-4-2-5-9-18/h2-11,20H,12-16H2,1H3,(H,24,26)(H,25,27). The lowest BCUT2D eigenvalue weighted by Crippen LogP contribution is -2.44.